The zero-order valence-electron chi connectivity index (χ0n) is 10.6. The summed E-state index contributed by atoms with van der Waals surface area (Å²) in [4.78, 5) is 23.3. The molecule has 0 atom stereocenters. The van der Waals surface area contributed by atoms with E-state index in [4.69, 9.17) is 5.73 Å². The van der Waals surface area contributed by atoms with Gasteiger partial charge in [-0.05, 0) is 18.2 Å². The molecule has 0 radical (unpaired) electrons. The predicted octanol–water partition coefficient (Wildman–Crippen LogP) is 1.57. The highest BCUT2D eigenvalue weighted by molar-refractivity contribution is 7.22. The van der Waals surface area contributed by atoms with Crippen LogP contribution in [-0.2, 0) is 6.42 Å². The van der Waals surface area contributed by atoms with Gasteiger partial charge in [-0.25, -0.2) is 9.97 Å². The van der Waals surface area contributed by atoms with Crippen molar-refractivity contribution in [2.45, 2.75) is 6.42 Å². The Bertz CT molecular complexity index is 734. The molecule has 0 unspecified atom stereocenters. The van der Waals surface area contributed by atoms with E-state index in [1.54, 1.807) is 18.5 Å². The molecule has 0 aliphatic heterocycles. The van der Waals surface area contributed by atoms with Crippen LogP contribution in [0.2, 0.25) is 0 Å². The summed E-state index contributed by atoms with van der Waals surface area (Å²) < 4.78 is 0.918. The van der Waals surface area contributed by atoms with Gasteiger partial charge in [0.2, 0.25) is 0 Å². The zero-order chi connectivity index (χ0) is 13.9. The number of anilines is 1. The molecule has 6 nitrogen and oxygen atoms in total. The number of aromatic amines is 1. The lowest BCUT2D eigenvalue weighted by Gasteiger charge is -2.04. The number of hydrogen-bond donors (Lipinski definition) is 3. The third-order valence-electron chi connectivity index (χ3n) is 2.87. The van der Waals surface area contributed by atoms with E-state index in [0.717, 1.165) is 16.0 Å². The second kappa shape index (κ2) is 5.30. The zero-order valence-corrected chi connectivity index (χ0v) is 11.4. The first kappa shape index (κ1) is 12.6. The summed E-state index contributed by atoms with van der Waals surface area (Å²) in [6.07, 6.45) is 4.13. The highest BCUT2D eigenvalue weighted by Gasteiger charge is 2.08. The lowest BCUT2D eigenvalue weighted by molar-refractivity contribution is 0.0954. The molecule has 0 saturated carbocycles. The van der Waals surface area contributed by atoms with Crippen molar-refractivity contribution in [3.05, 3.63) is 42.0 Å². The number of fused-ring (bicyclic) bond motifs is 1. The summed E-state index contributed by atoms with van der Waals surface area (Å²) in [6, 6.07) is 5.37. The average molecular weight is 287 g/mol. The van der Waals surface area contributed by atoms with Gasteiger partial charge in [-0.15, -0.1) is 0 Å². The Kier molecular flexibility index (Phi) is 3.34. The SMILES string of the molecule is Nc1nc2ccc(C(=O)NCCc3ncc[nH]3)cc2s1. The van der Waals surface area contributed by atoms with Crippen LogP contribution in [0.25, 0.3) is 10.2 Å². The van der Waals surface area contributed by atoms with Gasteiger partial charge in [0.1, 0.15) is 5.82 Å². The number of nitrogen functional groups attached to an aromatic ring is 1. The number of thiazole rings is 1. The molecule has 1 amide bonds. The number of hydrogen-bond acceptors (Lipinski definition) is 5. The van der Waals surface area contributed by atoms with E-state index >= 15 is 0 Å². The molecule has 102 valence electrons. The van der Waals surface area contributed by atoms with E-state index in [2.05, 4.69) is 20.3 Å². The van der Waals surface area contributed by atoms with Crippen molar-refractivity contribution in [1.29, 1.82) is 0 Å². The van der Waals surface area contributed by atoms with Gasteiger partial charge in [-0.2, -0.15) is 0 Å². The van der Waals surface area contributed by atoms with Gasteiger partial charge in [0.25, 0.3) is 5.91 Å². The molecule has 0 spiro atoms. The number of amides is 1. The second-order valence-corrected chi connectivity index (χ2v) is 5.34. The molecule has 0 saturated heterocycles. The smallest absolute Gasteiger partial charge is 0.251 e. The van der Waals surface area contributed by atoms with Gasteiger partial charge in [-0.1, -0.05) is 11.3 Å². The number of H-pyrrole nitrogens is 1. The molecular formula is C13H13N5OS. The molecule has 2 heterocycles. The van der Waals surface area contributed by atoms with Crippen LogP contribution in [0.15, 0.2) is 30.6 Å². The largest absolute Gasteiger partial charge is 0.375 e. The van der Waals surface area contributed by atoms with Gasteiger partial charge >= 0.3 is 0 Å². The molecule has 3 rings (SSSR count). The number of benzene rings is 1. The average Bonchev–Trinajstić information content (AvgIpc) is 3.05. The molecule has 1 aromatic carbocycles. The quantitative estimate of drug-likeness (QED) is 0.678. The highest BCUT2D eigenvalue weighted by Crippen LogP contribution is 2.24. The molecule has 4 N–H and O–H groups in total. The summed E-state index contributed by atoms with van der Waals surface area (Å²) >= 11 is 1.38. The molecular weight excluding hydrogens is 274 g/mol. The van der Waals surface area contributed by atoms with Crippen LogP contribution in [0.4, 0.5) is 5.13 Å². The first-order valence-corrected chi connectivity index (χ1v) is 6.96. The van der Waals surface area contributed by atoms with Gasteiger partial charge in [0, 0.05) is 30.9 Å². The van der Waals surface area contributed by atoms with Crippen molar-refractivity contribution >= 4 is 32.6 Å². The third-order valence-corrected chi connectivity index (χ3v) is 3.72. The van der Waals surface area contributed by atoms with Gasteiger partial charge < -0.3 is 16.0 Å². The van der Waals surface area contributed by atoms with Crippen LogP contribution in [0.1, 0.15) is 16.2 Å². The fourth-order valence-corrected chi connectivity index (χ4v) is 2.69. The molecule has 2 aromatic heterocycles. The number of nitrogens with zero attached hydrogens (tertiary/aromatic N) is 2. The molecule has 0 bridgehead atoms. The minimum absolute atomic E-state index is 0.106. The minimum atomic E-state index is -0.106. The topological polar surface area (TPSA) is 96.7 Å². The summed E-state index contributed by atoms with van der Waals surface area (Å²) in [7, 11) is 0. The van der Waals surface area contributed by atoms with Crippen molar-refractivity contribution in [2.24, 2.45) is 0 Å². The Labute approximate surface area is 119 Å². The number of nitrogens with one attached hydrogen (secondary N) is 2. The van der Waals surface area contributed by atoms with Crippen LogP contribution in [-0.4, -0.2) is 27.4 Å². The van der Waals surface area contributed by atoms with Crippen LogP contribution in [0.3, 0.4) is 0 Å². The molecule has 0 fully saturated rings. The van der Waals surface area contributed by atoms with Crippen LogP contribution in [0, 0.1) is 0 Å². The Balaban J connectivity index is 1.65. The monoisotopic (exact) mass is 287 g/mol. The molecule has 3 aromatic rings. The maximum absolute atomic E-state index is 12.0. The van der Waals surface area contributed by atoms with E-state index < -0.39 is 0 Å². The fourth-order valence-electron chi connectivity index (χ4n) is 1.91. The molecule has 0 aliphatic carbocycles. The van der Waals surface area contributed by atoms with Crippen molar-refractivity contribution in [1.82, 2.24) is 20.3 Å². The summed E-state index contributed by atoms with van der Waals surface area (Å²) in [5, 5.41) is 3.37. The van der Waals surface area contributed by atoms with Crippen LogP contribution >= 0.6 is 11.3 Å². The molecule has 0 aliphatic rings. The summed E-state index contributed by atoms with van der Waals surface area (Å²) in [6.45, 7) is 0.537. The Hall–Kier alpha value is -2.41. The number of carbonyl (C=O) groups excluding carboxylic acids is 1. The first-order valence-electron chi connectivity index (χ1n) is 6.15. The van der Waals surface area contributed by atoms with E-state index in [1.807, 2.05) is 12.1 Å². The first-order chi connectivity index (χ1) is 9.72. The molecule has 20 heavy (non-hydrogen) atoms. The summed E-state index contributed by atoms with van der Waals surface area (Å²) in [5.41, 5.74) is 7.08. The van der Waals surface area contributed by atoms with Gasteiger partial charge in [0.15, 0.2) is 5.13 Å². The third kappa shape index (κ3) is 2.62. The number of imidazole rings is 1. The van der Waals surface area contributed by atoms with Crippen molar-refractivity contribution in [3.63, 3.8) is 0 Å². The lowest BCUT2D eigenvalue weighted by Crippen LogP contribution is -2.25. The maximum Gasteiger partial charge on any atom is 0.251 e. The van der Waals surface area contributed by atoms with Crippen molar-refractivity contribution in [2.75, 3.05) is 12.3 Å². The minimum Gasteiger partial charge on any atom is -0.375 e. The van der Waals surface area contributed by atoms with E-state index in [0.29, 0.717) is 23.7 Å². The van der Waals surface area contributed by atoms with E-state index in [9.17, 15) is 4.79 Å². The van der Waals surface area contributed by atoms with Crippen LogP contribution in [0.5, 0.6) is 0 Å². The lowest BCUT2D eigenvalue weighted by atomic mass is 10.2. The summed E-state index contributed by atoms with van der Waals surface area (Å²) in [5.74, 6) is 0.751. The van der Waals surface area contributed by atoms with Crippen LogP contribution < -0.4 is 11.1 Å². The molecule has 7 heteroatoms. The second-order valence-electron chi connectivity index (χ2n) is 4.28. The normalized spacial score (nSPS) is 10.8. The van der Waals surface area contributed by atoms with Gasteiger partial charge in [0.05, 0.1) is 10.2 Å². The number of rotatable bonds is 4. The van der Waals surface area contributed by atoms with Crippen molar-refractivity contribution < 1.29 is 4.79 Å². The fraction of sp³-hybridized carbons (Fsp3) is 0.154. The predicted molar refractivity (Wildman–Crippen MR) is 78.7 cm³/mol. The Morgan fingerprint density at radius 2 is 2.35 bits per heavy atom. The van der Waals surface area contributed by atoms with Crippen molar-refractivity contribution in [3.8, 4) is 0 Å². The van der Waals surface area contributed by atoms with E-state index in [-0.39, 0.29) is 5.91 Å². The Morgan fingerprint density at radius 3 is 3.15 bits per heavy atom. The Morgan fingerprint density at radius 1 is 1.45 bits per heavy atom. The highest BCUT2D eigenvalue weighted by atomic mass is 32.1. The van der Waals surface area contributed by atoms with E-state index in [1.165, 1.54) is 11.3 Å². The standard InChI is InChI=1S/C13H13N5OS/c14-13-18-9-2-1-8(7-10(9)20-13)12(19)17-4-3-11-15-5-6-16-11/h1-2,5-7H,3-4H2,(H2,14,18)(H,15,16)(H,17,19). The maximum atomic E-state index is 12.0. The van der Waals surface area contributed by atoms with Gasteiger partial charge in [-0.3, -0.25) is 4.79 Å². The number of aromatic nitrogens is 3. The number of nitrogens with two attached hydrogens (primary N) is 1. The number of carbonyl (C=O) groups is 1.